The molecule has 0 fully saturated rings. The van der Waals surface area contributed by atoms with Crippen molar-refractivity contribution in [1.29, 1.82) is 0 Å². The van der Waals surface area contributed by atoms with Crippen molar-refractivity contribution in [2.75, 3.05) is 18.0 Å². The molecule has 180 valence electrons. The first-order valence-electron chi connectivity index (χ1n) is 11.4. The number of nitrogens with zero attached hydrogens (tertiary/aromatic N) is 1. The van der Waals surface area contributed by atoms with E-state index in [1.807, 2.05) is 30.3 Å². The predicted octanol–water partition coefficient (Wildman–Crippen LogP) is 5.12. The molecule has 0 amide bonds. The number of para-hydroxylation sites is 1. The van der Waals surface area contributed by atoms with Gasteiger partial charge in [-0.2, -0.15) is 0 Å². The Morgan fingerprint density at radius 2 is 1.47 bits per heavy atom. The number of ketones is 1. The molecule has 0 bridgehead atoms. The number of esters is 1. The summed E-state index contributed by atoms with van der Waals surface area (Å²) in [5, 5.41) is 0. The molecule has 4 aromatic rings. The summed E-state index contributed by atoms with van der Waals surface area (Å²) in [7, 11) is -2.63. The van der Waals surface area contributed by atoms with E-state index >= 15 is 0 Å². The lowest BCUT2D eigenvalue weighted by Crippen LogP contribution is -2.28. The Bertz CT molecular complexity index is 1580. The minimum absolute atomic E-state index is 0.129. The number of anilines is 1. The number of carbonyl (C=O) groups is 2. The van der Waals surface area contributed by atoms with Crippen LogP contribution in [0.15, 0.2) is 102 Å². The molecule has 5 rings (SSSR count). The lowest BCUT2D eigenvalue weighted by atomic mass is 10.0. The number of sulfonamides is 1. The highest BCUT2D eigenvalue weighted by Crippen LogP contribution is 2.37. The van der Waals surface area contributed by atoms with Crippen molar-refractivity contribution in [3.05, 3.63) is 119 Å². The van der Waals surface area contributed by atoms with E-state index in [2.05, 4.69) is 6.07 Å². The molecule has 4 aromatic carbocycles. The monoisotopic (exact) mass is 497 g/mol. The zero-order chi connectivity index (χ0) is 25.3. The summed E-state index contributed by atoms with van der Waals surface area (Å²) in [5.74, 6) is -1.24. The zero-order valence-corrected chi connectivity index (χ0v) is 20.4. The van der Waals surface area contributed by atoms with Gasteiger partial charge >= 0.3 is 5.97 Å². The van der Waals surface area contributed by atoms with Crippen LogP contribution in [0, 0.1) is 0 Å². The van der Waals surface area contributed by atoms with Gasteiger partial charge in [0.15, 0.2) is 12.4 Å². The maximum atomic E-state index is 13.3. The number of ether oxygens (including phenoxy) is 1. The topological polar surface area (TPSA) is 80.8 Å². The van der Waals surface area contributed by atoms with E-state index < -0.39 is 22.6 Å². The van der Waals surface area contributed by atoms with Crippen LogP contribution >= 0.6 is 0 Å². The number of Topliss-reactive ketones (excluding diaryl/α,β-unsaturated/α-hetero) is 1. The Hall–Kier alpha value is -4.23. The molecule has 6 nitrogen and oxygen atoms in total. The normalized spacial score (nSPS) is 11.9. The molecule has 1 aliphatic rings. The summed E-state index contributed by atoms with van der Waals surface area (Å²) in [6.45, 7) is -0.498. The highest BCUT2D eigenvalue weighted by Gasteiger charge is 2.28. The first-order valence-corrected chi connectivity index (χ1v) is 12.8. The molecule has 0 spiro atoms. The molecule has 0 radical (unpaired) electrons. The van der Waals surface area contributed by atoms with Gasteiger partial charge in [0.2, 0.25) is 0 Å². The smallest absolute Gasteiger partial charge is 0.339 e. The molecule has 36 heavy (non-hydrogen) atoms. The van der Waals surface area contributed by atoms with Crippen molar-refractivity contribution in [3.8, 4) is 11.1 Å². The molecular weight excluding hydrogens is 474 g/mol. The molecule has 1 aliphatic carbocycles. The van der Waals surface area contributed by atoms with Crippen molar-refractivity contribution in [3.63, 3.8) is 0 Å². The van der Waals surface area contributed by atoms with Crippen LogP contribution in [0.3, 0.4) is 0 Å². The number of benzene rings is 4. The predicted molar refractivity (Wildman–Crippen MR) is 138 cm³/mol. The fraction of sp³-hybridized carbons (Fsp3) is 0.103. The fourth-order valence-corrected chi connectivity index (χ4v) is 5.75. The van der Waals surface area contributed by atoms with Gasteiger partial charge in [0.05, 0.1) is 11.3 Å². The van der Waals surface area contributed by atoms with Gasteiger partial charge in [0.25, 0.3) is 10.0 Å². The van der Waals surface area contributed by atoms with Gasteiger partial charge in [0.1, 0.15) is 4.90 Å². The molecule has 7 heteroatoms. The van der Waals surface area contributed by atoms with Crippen LogP contribution in [0.1, 0.15) is 31.8 Å². The van der Waals surface area contributed by atoms with Gasteiger partial charge in [-0.3, -0.25) is 9.10 Å². The van der Waals surface area contributed by atoms with Gasteiger partial charge in [-0.15, -0.1) is 0 Å². The Labute approximate surface area is 209 Å². The molecule has 0 unspecified atom stereocenters. The van der Waals surface area contributed by atoms with Gasteiger partial charge in [0, 0.05) is 12.6 Å². The second-order valence-electron chi connectivity index (χ2n) is 8.51. The molecular formula is C29H23NO5S. The highest BCUT2D eigenvalue weighted by atomic mass is 32.2. The molecule has 0 aliphatic heterocycles. The van der Waals surface area contributed by atoms with Gasteiger partial charge < -0.3 is 4.74 Å². The SMILES string of the molecule is CN(c1ccccc1)S(=O)(=O)c1ccccc1C(=O)OCC(=O)c1ccc2c(c1)-c1ccccc1C2. The van der Waals surface area contributed by atoms with Crippen molar-refractivity contribution in [2.24, 2.45) is 0 Å². The van der Waals surface area contributed by atoms with E-state index in [4.69, 9.17) is 4.74 Å². The third-order valence-electron chi connectivity index (χ3n) is 6.32. The summed E-state index contributed by atoms with van der Waals surface area (Å²) < 4.78 is 32.9. The van der Waals surface area contributed by atoms with E-state index in [-0.39, 0.29) is 16.2 Å². The van der Waals surface area contributed by atoms with E-state index in [1.165, 1.54) is 30.8 Å². The number of hydrogen-bond donors (Lipinski definition) is 0. The van der Waals surface area contributed by atoms with Crippen molar-refractivity contribution in [2.45, 2.75) is 11.3 Å². The first kappa shape index (κ1) is 23.5. The van der Waals surface area contributed by atoms with E-state index in [0.717, 1.165) is 27.4 Å². The summed E-state index contributed by atoms with van der Waals surface area (Å²) in [6, 6.07) is 27.9. The Balaban J connectivity index is 1.34. The number of fused-ring (bicyclic) bond motifs is 3. The molecule has 0 saturated carbocycles. The number of hydrogen-bond acceptors (Lipinski definition) is 5. The maximum absolute atomic E-state index is 13.3. The zero-order valence-electron chi connectivity index (χ0n) is 19.5. The third-order valence-corrected chi connectivity index (χ3v) is 8.16. The third kappa shape index (κ3) is 4.29. The van der Waals surface area contributed by atoms with Crippen LogP contribution in [0.2, 0.25) is 0 Å². The summed E-state index contributed by atoms with van der Waals surface area (Å²) >= 11 is 0. The molecule has 0 saturated heterocycles. The first-order chi connectivity index (χ1) is 17.4. The summed E-state index contributed by atoms with van der Waals surface area (Å²) in [6.07, 6.45) is 0.817. The quantitative estimate of drug-likeness (QED) is 0.230. The minimum Gasteiger partial charge on any atom is -0.454 e. The molecule has 0 N–H and O–H groups in total. The van der Waals surface area contributed by atoms with E-state index in [0.29, 0.717) is 11.3 Å². The van der Waals surface area contributed by atoms with Crippen LogP contribution in [-0.4, -0.2) is 33.8 Å². The molecule has 0 aromatic heterocycles. The Morgan fingerprint density at radius 3 is 2.28 bits per heavy atom. The average molecular weight is 498 g/mol. The maximum Gasteiger partial charge on any atom is 0.339 e. The lowest BCUT2D eigenvalue weighted by molar-refractivity contribution is 0.0471. The summed E-state index contributed by atoms with van der Waals surface area (Å²) in [4.78, 5) is 25.6. The van der Waals surface area contributed by atoms with Crippen LogP contribution in [0.5, 0.6) is 0 Å². The Morgan fingerprint density at radius 1 is 0.806 bits per heavy atom. The molecule has 0 atom stereocenters. The molecule has 0 heterocycles. The van der Waals surface area contributed by atoms with Gasteiger partial charge in [-0.05, 0) is 59.0 Å². The second kappa shape index (κ2) is 9.43. The number of rotatable bonds is 7. The Kier molecular flexibility index (Phi) is 6.16. The van der Waals surface area contributed by atoms with Crippen molar-refractivity contribution < 1.29 is 22.7 Å². The van der Waals surface area contributed by atoms with E-state index in [1.54, 1.807) is 42.5 Å². The van der Waals surface area contributed by atoms with Crippen molar-refractivity contribution >= 4 is 27.5 Å². The second-order valence-corrected chi connectivity index (χ2v) is 10.4. The minimum atomic E-state index is -4.05. The van der Waals surface area contributed by atoms with Crippen LogP contribution in [0.4, 0.5) is 5.69 Å². The van der Waals surface area contributed by atoms with Gasteiger partial charge in [-0.1, -0.05) is 66.7 Å². The fourth-order valence-electron chi connectivity index (χ4n) is 4.37. The largest absolute Gasteiger partial charge is 0.454 e. The van der Waals surface area contributed by atoms with Crippen molar-refractivity contribution in [1.82, 2.24) is 0 Å². The van der Waals surface area contributed by atoms with Crippen LogP contribution in [0.25, 0.3) is 11.1 Å². The standard InChI is InChI=1S/C29H23NO5S/c1-30(23-10-3-2-4-11-23)36(33,34)28-14-8-7-13-25(28)29(32)35-19-27(31)22-16-15-21-17-20-9-5-6-12-24(20)26(21)18-22/h2-16,18H,17,19H2,1H3. The summed E-state index contributed by atoms with van der Waals surface area (Å²) in [5.41, 5.74) is 5.21. The highest BCUT2D eigenvalue weighted by molar-refractivity contribution is 7.92. The average Bonchev–Trinajstić information content (AvgIpc) is 3.29. The lowest BCUT2D eigenvalue weighted by Gasteiger charge is -2.20. The van der Waals surface area contributed by atoms with E-state index in [9.17, 15) is 18.0 Å². The van der Waals surface area contributed by atoms with Gasteiger partial charge in [-0.25, -0.2) is 13.2 Å². The number of carbonyl (C=O) groups excluding carboxylic acids is 2. The van der Waals surface area contributed by atoms with Crippen LogP contribution in [-0.2, 0) is 21.2 Å². The van der Waals surface area contributed by atoms with Crippen LogP contribution < -0.4 is 4.31 Å².